The lowest BCUT2D eigenvalue weighted by molar-refractivity contribution is 0.607. The number of nitrogens with zero attached hydrogens (tertiary/aromatic N) is 1. The van der Waals surface area contributed by atoms with E-state index in [4.69, 9.17) is 21.7 Å². The summed E-state index contributed by atoms with van der Waals surface area (Å²) in [6, 6.07) is 4.95. The van der Waals surface area contributed by atoms with Gasteiger partial charge in [0.25, 0.3) is 9.05 Å². The van der Waals surface area contributed by atoms with E-state index in [0.717, 1.165) is 0 Å². The molecule has 0 fully saturated rings. The molecule has 0 aromatic heterocycles. The summed E-state index contributed by atoms with van der Waals surface area (Å²) in [6.07, 6.45) is 0. The van der Waals surface area contributed by atoms with Gasteiger partial charge >= 0.3 is 0 Å². The maximum absolute atomic E-state index is 11.3. The monoisotopic (exact) mass is 244 g/mol. The molecule has 0 unspecified atom stereocenters. The van der Waals surface area contributed by atoms with E-state index in [1.165, 1.54) is 12.1 Å². The quantitative estimate of drug-likeness (QED) is 0.794. The molecular weight excluding hydrogens is 236 g/mol. The zero-order valence-corrected chi connectivity index (χ0v) is 9.56. The van der Waals surface area contributed by atoms with Crippen molar-refractivity contribution < 1.29 is 8.42 Å². The molecule has 1 aromatic rings. The highest BCUT2D eigenvalue weighted by atomic mass is 35.7. The summed E-state index contributed by atoms with van der Waals surface area (Å²) < 4.78 is 22.6. The largest absolute Gasteiger partial charge is 0.326 e. The first-order chi connectivity index (χ1) is 6.91. The lowest BCUT2D eigenvalue weighted by Gasteiger charge is -2.09. The van der Waals surface area contributed by atoms with Crippen LogP contribution in [0.5, 0.6) is 0 Å². The number of benzene rings is 1. The molecule has 0 radical (unpaired) electrons. The highest BCUT2D eigenvalue weighted by Crippen LogP contribution is 2.26. The second kappa shape index (κ2) is 4.19. The van der Waals surface area contributed by atoms with Crippen molar-refractivity contribution in [2.24, 2.45) is 5.73 Å². The first-order valence-electron chi connectivity index (χ1n) is 4.09. The van der Waals surface area contributed by atoms with E-state index in [2.05, 4.69) is 0 Å². The Morgan fingerprint density at radius 2 is 2.13 bits per heavy atom. The van der Waals surface area contributed by atoms with Crippen molar-refractivity contribution in [1.82, 2.24) is 0 Å². The van der Waals surface area contributed by atoms with E-state index >= 15 is 0 Å². The fourth-order valence-electron chi connectivity index (χ4n) is 1.39. The summed E-state index contributed by atoms with van der Waals surface area (Å²) in [6.45, 7) is 1.57. The minimum atomic E-state index is -3.87. The number of rotatable bonds is 2. The van der Waals surface area contributed by atoms with Gasteiger partial charge in [-0.3, -0.25) is 0 Å². The third-order valence-corrected chi connectivity index (χ3v) is 3.54. The Labute approximate surface area is 92.7 Å². The second-order valence-electron chi connectivity index (χ2n) is 2.99. The van der Waals surface area contributed by atoms with Gasteiger partial charge in [0.2, 0.25) is 0 Å². The van der Waals surface area contributed by atoms with Gasteiger partial charge in [0, 0.05) is 22.8 Å². The van der Waals surface area contributed by atoms with E-state index in [0.29, 0.717) is 5.56 Å². The van der Waals surface area contributed by atoms with Crippen LogP contribution in [0.1, 0.15) is 16.7 Å². The molecule has 0 aliphatic rings. The third-order valence-electron chi connectivity index (χ3n) is 2.03. The average Bonchev–Trinajstić information content (AvgIpc) is 2.15. The van der Waals surface area contributed by atoms with Crippen molar-refractivity contribution >= 4 is 19.7 Å². The summed E-state index contributed by atoms with van der Waals surface area (Å²) in [5.41, 5.74) is 6.42. The first-order valence-corrected chi connectivity index (χ1v) is 6.40. The van der Waals surface area contributed by atoms with Gasteiger partial charge in [-0.2, -0.15) is 5.26 Å². The number of nitriles is 1. The number of hydrogen-bond donors (Lipinski definition) is 1. The van der Waals surface area contributed by atoms with Gasteiger partial charge in [0.05, 0.1) is 16.5 Å². The minimum absolute atomic E-state index is 0.0359. The van der Waals surface area contributed by atoms with E-state index in [1.807, 2.05) is 6.07 Å². The summed E-state index contributed by atoms with van der Waals surface area (Å²) in [4.78, 5) is -0.0503. The van der Waals surface area contributed by atoms with Gasteiger partial charge in [0.1, 0.15) is 0 Å². The Hall–Kier alpha value is -1.09. The number of halogens is 1. The molecule has 0 saturated carbocycles. The van der Waals surface area contributed by atoms with Crippen LogP contribution in [0.3, 0.4) is 0 Å². The van der Waals surface area contributed by atoms with Crippen molar-refractivity contribution in [3.63, 3.8) is 0 Å². The predicted octanol–water partition coefficient (Wildman–Crippen LogP) is 1.25. The van der Waals surface area contributed by atoms with Crippen LogP contribution in [-0.2, 0) is 15.6 Å². The molecule has 80 valence electrons. The van der Waals surface area contributed by atoms with E-state index in [9.17, 15) is 8.42 Å². The van der Waals surface area contributed by atoms with Crippen LogP contribution in [0.15, 0.2) is 17.0 Å². The number of aryl methyl sites for hydroxylation is 1. The Balaban J connectivity index is 3.71. The Morgan fingerprint density at radius 1 is 1.53 bits per heavy atom. The topological polar surface area (TPSA) is 83.9 Å². The maximum atomic E-state index is 11.3. The van der Waals surface area contributed by atoms with Gasteiger partial charge in [-0.1, -0.05) is 6.07 Å². The van der Waals surface area contributed by atoms with Crippen molar-refractivity contribution in [1.29, 1.82) is 5.26 Å². The normalized spacial score (nSPS) is 11.1. The standard InChI is InChI=1S/C9H9ClN2O2S/c1-6-2-3-7(4-11)8(5-12)9(6)15(10,13)14/h2-3H,5,12H2,1H3. The SMILES string of the molecule is Cc1ccc(C#N)c(CN)c1S(=O)(=O)Cl. The van der Waals surface area contributed by atoms with Crippen molar-refractivity contribution in [2.45, 2.75) is 18.4 Å². The van der Waals surface area contributed by atoms with Crippen molar-refractivity contribution in [3.8, 4) is 6.07 Å². The van der Waals surface area contributed by atoms with E-state index in [1.54, 1.807) is 6.92 Å². The van der Waals surface area contributed by atoms with Crippen LogP contribution in [0.2, 0.25) is 0 Å². The third kappa shape index (κ3) is 2.29. The lowest BCUT2D eigenvalue weighted by atomic mass is 10.1. The fraction of sp³-hybridized carbons (Fsp3) is 0.222. The molecule has 0 bridgehead atoms. The van der Waals surface area contributed by atoms with E-state index < -0.39 is 9.05 Å². The molecule has 0 heterocycles. The first kappa shape index (κ1) is 12.0. The maximum Gasteiger partial charge on any atom is 0.261 e. The molecule has 0 spiro atoms. The smallest absolute Gasteiger partial charge is 0.261 e. The Morgan fingerprint density at radius 3 is 2.53 bits per heavy atom. The van der Waals surface area contributed by atoms with Gasteiger partial charge in [-0.25, -0.2) is 8.42 Å². The zero-order valence-electron chi connectivity index (χ0n) is 7.99. The molecule has 1 aromatic carbocycles. The molecule has 15 heavy (non-hydrogen) atoms. The molecule has 0 amide bonds. The molecular formula is C9H9ClN2O2S. The van der Waals surface area contributed by atoms with Gasteiger partial charge < -0.3 is 5.73 Å². The van der Waals surface area contributed by atoms with Gasteiger partial charge in [0.15, 0.2) is 0 Å². The number of nitrogens with two attached hydrogens (primary N) is 1. The van der Waals surface area contributed by atoms with Gasteiger partial charge in [-0.05, 0) is 18.6 Å². The average molecular weight is 245 g/mol. The highest BCUT2D eigenvalue weighted by Gasteiger charge is 2.20. The molecule has 2 N–H and O–H groups in total. The lowest BCUT2D eigenvalue weighted by Crippen LogP contribution is -2.08. The van der Waals surface area contributed by atoms with Crippen LogP contribution in [0.4, 0.5) is 0 Å². The summed E-state index contributed by atoms with van der Waals surface area (Å²) in [5.74, 6) is 0. The van der Waals surface area contributed by atoms with Crippen LogP contribution in [0, 0.1) is 18.3 Å². The molecule has 0 aliphatic heterocycles. The number of hydrogen-bond acceptors (Lipinski definition) is 4. The van der Waals surface area contributed by atoms with Crippen molar-refractivity contribution in [2.75, 3.05) is 0 Å². The molecule has 6 heteroatoms. The molecule has 4 nitrogen and oxygen atoms in total. The van der Waals surface area contributed by atoms with Crippen LogP contribution < -0.4 is 5.73 Å². The Kier molecular flexibility index (Phi) is 3.35. The molecule has 0 aliphatic carbocycles. The summed E-state index contributed by atoms with van der Waals surface area (Å²) >= 11 is 0. The van der Waals surface area contributed by atoms with E-state index in [-0.39, 0.29) is 22.6 Å². The molecule has 1 rings (SSSR count). The van der Waals surface area contributed by atoms with Crippen LogP contribution in [-0.4, -0.2) is 8.42 Å². The summed E-state index contributed by atoms with van der Waals surface area (Å²) in [7, 11) is 1.42. The Bertz CT molecular complexity index is 532. The summed E-state index contributed by atoms with van der Waals surface area (Å²) in [5, 5.41) is 8.79. The van der Waals surface area contributed by atoms with Crippen LogP contribution >= 0.6 is 10.7 Å². The van der Waals surface area contributed by atoms with Crippen LogP contribution in [0.25, 0.3) is 0 Å². The molecule has 0 atom stereocenters. The van der Waals surface area contributed by atoms with Gasteiger partial charge in [-0.15, -0.1) is 0 Å². The predicted molar refractivity (Wildman–Crippen MR) is 56.8 cm³/mol. The minimum Gasteiger partial charge on any atom is -0.326 e. The fourth-order valence-corrected chi connectivity index (χ4v) is 2.98. The van der Waals surface area contributed by atoms with Crippen molar-refractivity contribution in [3.05, 3.63) is 28.8 Å². The zero-order chi connectivity index (χ0) is 11.6. The highest BCUT2D eigenvalue weighted by molar-refractivity contribution is 8.13. The second-order valence-corrected chi connectivity index (χ2v) is 5.49. The molecule has 0 saturated heterocycles.